The number of carbonyl (C=O) groups excluding carboxylic acids is 1. The van der Waals surface area contributed by atoms with Gasteiger partial charge < -0.3 is 0 Å². The van der Waals surface area contributed by atoms with Crippen LogP contribution in [0.25, 0.3) is 0 Å². The summed E-state index contributed by atoms with van der Waals surface area (Å²) in [6, 6.07) is 8.42. The second kappa shape index (κ2) is 6.80. The van der Waals surface area contributed by atoms with Gasteiger partial charge in [0.1, 0.15) is 0 Å². The summed E-state index contributed by atoms with van der Waals surface area (Å²) >= 11 is 1.88. The van der Waals surface area contributed by atoms with Crippen LogP contribution in [0.15, 0.2) is 24.3 Å². The van der Waals surface area contributed by atoms with E-state index in [1.165, 1.54) is 56.9 Å². The van der Waals surface area contributed by atoms with Gasteiger partial charge in [0.15, 0.2) is 5.78 Å². The Hall–Kier alpha value is -0.760. The van der Waals surface area contributed by atoms with E-state index in [-0.39, 0.29) is 0 Å². The third-order valence-electron chi connectivity index (χ3n) is 4.81. The Morgan fingerprint density at radius 2 is 1.65 bits per heavy atom. The fourth-order valence-electron chi connectivity index (χ4n) is 3.19. The Bertz CT molecular complexity index is 441. The van der Waals surface area contributed by atoms with E-state index in [2.05, 4.69) is 12.1 Å². The Morgan fingerprint density at radius 1 is 0.950 bits per heavy atom. The van der Waals surface area contributed by atoms with E-state index in [4.69, 9.17) is 0 Å². The van der Waals surface area contributed by atoms with E-state index in [1.54, 1.807) is 0 Å². The lowest BCUT2D eigenvalue weighted by Crippen LogP contribution is -2.12. The minimum atomic E-state index is 0.306. The van der Waals surface area contributed by atoms with Crippen LogP contribution in [0.4, 0.5) is 0 Å². The second-order valence-corrected chi connectivity index (χ2v) is 7.53. The van der Waals surface area contributed by atoms with Gasteiger partial charge in [-0.1, -0.05) is 49.9 Å². The topological polar surface area (TPSA) is 17.1 Å². The molecule has 0 N–H and O–H groups in total. The summed E-state index contributed by atoms with van der Waals surface area (Å²) in [5.74, 6) is 1.73. The maximum absolute atomic E-state index is 12.2. The highest BCUT2D eigenvalue weighted by molar-refractivity contribution is 8.00. The molecule has 0 spiro atoms. The zero-order valence-electron chi connectivity index (χ0n) is 12.1. The molecule has 108 valence electrons. The first-order valence-electron chi connectivity index (χ1n) is 8.08. The van der Waals surface area contributed by atoms with Gasteiger partial charge in [0.25, 0.3) is 0 Å². The van der Waals surface area contributed by atoms with Crippen LogP contribution < -0.4 is 0 Å². The Kier molecular flexibility index (Phi) is 4.82. The molecular weight excluding hydrogens is 264 g/mol. The monoisotopic (exact) mass is 288 g/mol. The van der Waals surface area contributed by atoms with Crippen LogP contribution in [0.5, 0.6) is 0 Å². The van der Waals surface area contributed by atoms with Crippen LogP contribution in [0.3, 0.4) is 0 Å². The number of hydrogen-bond acceptors (Lipinski definition) is 2. The van der Waals surface area contributed by atoms with Crippen LogP contribution in [-0.4, -0.2) is 16.8 Å². The van der Waals surface area contributed by atoms with Crippen molar-refractivity contribution in [2.45, 2.75) is 62.5 Å². The molecule has 2 aliphatic rings. The third kappa shape index (κ3) is 3.46. The summed E-state index contributed by atoms with van der Waals surface area (Å²) in [6.07, 6.45) is 10.7. The molecule has 2 heteroatoms. The summed E-state index contributed by atoms with van der Waals surface area (Å²) in [5.41, 5.74) is 2.32. The molecule has 0 aromatic heterocycles. The van der Waals surface area contributed by atoms with Gasteiger partial charge in [0.05, 0.1) is 5.75 Å². The van der Waals surface area contributed by atoms with E-state index in [0.717, 1.165) is 16.7 Å². The summed E-state index contributed by atoms with van der Waals surface area (Å²) in [5, 5.41) is 0.724. The molecule has 0 radical (unpaired) electrons. The standard InChI is InChI=1S/C18H24OS/c19-18(13-20-17-7-2-1-3-8-17)16-11-9-15(10-12-16)14-5-4-6-14/h9-12,14,17H,1-8,13H2. The van der Waals surface area contributed by atoms with Crippen LogP contribution in [0.1, 0.15) is 73.2 Å². The number of thioether (sulfide) groups is 1. The molecule has 0 amide bonds. The minimum Gasteiger partial charge on any atom is -0.293 e. The molecule has 20 heavy (non-hydrogen) atoms. The van der Waals surface area contributed by atoms with E-state index in [9.17, 15) is 4.79 Å². The first-order valence-corrected chi connectivity index (χ1v) is 9.12. The SMILES string of the molecule is O=C(CSC1CCCCC1)c1ccc(C2CCC2)cc1. The summed E-state index contributed by atoms with van der Waals surface area (Å²) in [7, 11) is 0. The second-order valence-electron chi connectivity index (χ2n) is 6.24. The summed E-state index contributed by atoms with van der Waals surface area (Å²) in [6.45, 7) is 0. The number of Topliss-reactive ketones (excluding diaryl/α,β-unsaturated/α-hetero) is 1. The molecule has 0 heterocycles. The highest BCUT2D eigenvalue weighted by Crippen LogP contribution is 2.36. The molecule has 0 atom stereocenters. The average molecular weight is 288 g/mol. The maximum atomic E-state index is 12.2. The number of hydrogen-bond donors (Lipinski definition) is 0. The first-order chi connectivity index (χ1) is 9.83. The minimum absolute atomic E-state index is 0.306. The van der Waals surface area contributed by atoms with Gasteiger partial charge in [-0.05, 0) is 37.2 Å². The lowest BCUT2D eigenvalue weighted by molar-refractivity contribution is 0.102. The number of benzene rings is 1. The van der Waals surface area contributed by atoms with Gasteiger partial charge >= 0.3 is 0 Å². The molecular formula is C18H24OS. The molecule has 2 saturated carbocycles. The van der Waals surface area contributed by atoms with Crippen molar-refractivity contribution in [2.75, 3.05) is 5.75 Å². The van der Waals surface area contributed by atoms with Crippen molar-refractivity contribution in [3.8, 4) is 0 Å². The predicted molar refractivity (Wildman–Crippen MR) is 86.7 cm³/mol. The highest BCUT2D eigenvalue weighted by atomic mass is 32.2. The van der Waals surface area contributed by atoms with Crippen LogP contribution in [0, 0.1) is 0 Å². The molecule has 2 aliphatic carbocycles. The van der Waals surface area contributed by atoms with E-state index in [0.29, 0.717) is 11.5 Å². The predicted octanol–water partition coefficient (Wildman–Crippen LogP) is 5.20. The average Bonchev–Trinajstić information content (AvgIpc) is 2.45. The Labute approximate surface area is 126 Å². The third-order valence-corrected chi connectivity index (χ3v) is 6.18. The van der Waals surface area contributed by atoms with Crippen molar-refractivity contribution in [3.63, 3.8) is 0 Å². The van der Waals surface area contributed by atoms with Crippen molar-refractivity contribution < 1.29 is 4.79 Å². The Morgan fingerprint density at radius 3 is 2.25 bits per heavy atom. The molecule has 0 saturated heterocycles. The quantitative estimate of drug-likeness (QED) is 0.692. The largest absolute Gasteiger partial charge is 0.293 e. The van der Waals surface area contributed by atoms with Gasteiger partial charge in [-0.2, -0.15) is 11.8 Å². The van der Waals surface area contributed by atoms with Crippen molar-refractivity contribution in [1.82, 2.24) is 0 Å². The molecule has 0 aliphatic heterocycles. The maximum Gasteiger partial charge on any atom is 0.172 e. The van der Waals surface area contributed by atoms with Gasteiger partial charge in [-0.15, -0.1) is 0 Å². The number of carbonyl (C=O) groups is 1. The van der Waals surface area contributed by atoms with Crippen molar-refractivity contribution >= 4 is 17.5 Å². The van der Waals surface area contributed by atoms with Crippen LogP contribution in [-0.2, 0) is 0 Å². The van der Waals surface area contributed by atoms with E-state index in [1.807, 2.05) is 23.9 Å². The highest BCUT2D eigenvalue weighted by Gasteiger charge is 2.20. The number of rotatable bonds is 5. The zero-order chi connectivity index (χ0) is 13.8. The fourth-order valence-corrected chi connectivity index (χ4v) is 4.41. The van der Waals surface area contributed by atoms with Crippen molar-refractivity contribution in [1.29, 1.82) is 0 Å². The summed E-state index contributed by atoms with van der Waals surface area (Å²) < 4.78 is 0. The lowest BCUT2D eigenvalue weighted by Gasteiger charge is -2.25. The van der Waals surface area contributed by atoms with E-state index >= 15 is 0 Å². The zero-order valence-corrected chi connectivity index (χ0v) is 13.0. The first kappa shape index (κ1) is 14.2. The van der Waals surface area contributed by atoms with Crippen molar-refractivity contribution in [2.24, 2.45) is 0 Å². The molecule has 0 bridgehead atoms. The molecule has 1 aromatic carbocycles. The van der Waals surface area contributed by atoms with Crippen LogP contribution in [0.2, 0.25) is 0 Å². The van der Waals surface area contributed by atoms with Gasteiger partial charge in [0, 0.05) is 10.8 Å². The molecule has 3 rings (SSSR count). The fraction of sp³-hybridized carbons (Fsp3) is 0.611. The summed E-state index contributed by atoms with van der Waals surface area (Å²) in [4.78, 5) is 12.2. The van der Waals surface area contributed by atoms with Crippen molar-refractivity contribution in [3.05, 3.63) is 35.4 Å². The van der Waals surface area contributed by atoms with Crippen LogP contribution >= 0.6 is 11.8 Å². The van der Waals surface area contributed by atoms with Gasteiger partial charge in [-0.25, -0.2) is 0 Å². The molecule has 0 unspecified atom stereocenters. The Balaban J connectivity index is 1.51. The smallest absolute Gasteiger partial charge is 0.172 e. The van der Waals surface area contributed by atoms with E-state index < -0.39 is 0 Å². The number of ketones is 1. The normalized spacial score (nSPS) is 20.6. The van der Waals surface area contributed by atoms with Gasteiger partial charge in [-0.3, -0.25) is 4.79 Å². The molecule has 1 aromatic rings. The lowest BCUT2D eigenvalue weighted by atomic mass is 9.80. The molecule has 2 fully saturated rings. The molecule has 1 nitrogen and oxygen atoms in total. The van der Waals surface area contributed by atoms with Gasteiger partial charge in [0.2, 0.25) is 0 Å².